The number of aryl methyl sites for hydroxylation is 1. The van der Waals surface area contributed by atoms with E-state index in [9.17, 15) is 9.50 Å². The lowest BCUT2D eigenvalue weighted by molar-refractivity contribution is 0.167. The van der Waals surface area contributed by atoms with E-state index in [0.29, 0.717) is 13.0 Å². The summed E-state index contributed by atoms with van der Waals surface area (Å²) in [6.45, 7) is 2.31. The number of rotatable bonds is 8. The summed E-state index contributed by atoms with van der Waals surface area (Å²) in [5.41, 5.74) is 2.60. The molecule has 3 nitrogen and oxygen atoms in total. The molecule has 0 amide bonds. The van der Waals surface area contributed by atoms with Crippen LogP contribution in [-0.2, 0) is 0 Å². The molecule has 0 heterocycles. The molecule has 124 valence electrons. The molecule has 0 bridgehead atoms. The van der Waals surface area contributed by atoms with Crippen molar-refractivity contribution >= 4 is 0 Å². The molecule has 0 saturated carbocycles. The minimum atomic E-state index is -0.698. The Morgan fingerprint density at radius 1 is 1.13 bits per heavy atom. The lowest BCUT2D eigenvalue weighted by Crippen LogP contribution is -2.27. The topological polar surface area (TPSA) is 52.5 Å². The third kappa shape index (κ3) is 5.13. The molecule has 0 aliphatic rings. The largest absolute Gasteiger partial charge is 0.396 e. The van der Waals surface area contributed by atoms with Gasteiger partial charge in [0.25, 0.3) is 0 Å². The first-order chi connectivity index (χ1) is 11.1. The fourth-order valence-electron chi connectivity index (χ4n) is 2.74. The molecule has 0 aliphatic carbocycles. The molecule has 2 aromatic carbocycles. The lowest BCUT2D eigenvalue weighted by atomic mass is 10.00. The van der Waals surface area contributed by atoms with Gasteiger partial charge >= 0.3 is 0 Å². The van der Waals surface area contributed by atoms with Crippen molar-refractivity contribution in [1.29, 1.82) is 0 Å². The molecule has 0 saturated heterocycles. The van der Waals surface area contributed by atoms with E-state index >= 15 is 0 Å². The van der Waals surface area contributed by atoms with Crippen LogP contribution in [0.5, 0.6) is 0 Å². The summed E-state index contributed by atoms with van der Waals surface area (Å²) < 4.78 is 13.2. The molecular formula is C19H24FNO2. The third-order valence-electron chi connectivity index (χ3n) is 4.00. The average molecular weight is 317 g/mol. The van der Waals surface area contributed by atoms with E-state index in [1.165, 1.54) is 12.1 Å². The Kier molecular flexibility index (Phi) is 6.71. The Balaban J connectivity index is 2.02. The normalized spacial score (nSPS) is 13.7. The number of aliphatic hydroxyl groups is 2. The molecule has 4 heteroatoms. The zero-order valence-corrected chi connectivity index (χ0v) is 13.4. The van der Waals surface area contributed by atoms with Crippen LogP contribution in [-0.4, -0.2) is 23.4 Å². The van der Waals surface area contributed by atoms with Crippen LogP contribution >= 0.6 is 0 Å². The third-order valence-corrected chi connectivity index (χ3v) is 4.00. The fourth-order valence-corrected chi connectivity index (χ4v) is 2.74. The van der Waals surface area contributed by atoms with E-state index in [1.807, 2.05) is 30.3 Å². The van der Waals surface area contributed by atoms with Crippen molar-refractivity contribution in [2.45, 2.75) is 31.9 Å². The van der Waals surface area contributed by atoms with Crippen LogP contribution < -0.4 is 5.32 Å². The Morgan fingerprint density at radius 3 is 2.52 bits per heavy atom. The van der Waals surface area contributed by atoms with Crippen molar-refractivity contribution < 1.29 is 14.6 Å². The van der Waals surface area contributed by atoms with Crippen molar-refractivity contribution in [2.24, 2.45) is 0 Å². The van der Waals surface area contributed by atoms with Crippen LogP contribution in [0.4, 0.5) is 4.39 Å². The summed E-state index contributed by atoms with van der Waals surface area (Å²) in [6.07, 6.45) is 0.782. The van der Waals surface area contributed by atoms with Crippen LogP contribution in [0.1, 0.15) is 41.7 Å². The average Bonchev–Trinajstić information content (AvgIpc) is 2.55. The zero-order chi connectivity index (χ0) is 16.7. The number of aliphatic hydroxyl groups excluding tert-OH is 2. The van der Waals surface area contributed by atoms with Gasteiger partial charge in [0.2, 0.25) is 0 Å². The molecule has 2 unspecified atom stereocenters. The monoisotopic (exact) mass is 317 g/mol. The summed E-state index contributed by atoms with van der Waals surface area (Å²) in [7, 11) is 0. The van der Waals surface area contributed by atoms with Crippen LogP contribution in [0.2, 0.25) is 0 Å². The molecule has 3 N–H and O–H groups in total. The number of hydrogen-bond donors (Lipinski definition) is 3. The van der Waals surface area contributed by atoms with Crippen molar-refractivity contribution in [1.82, 2.24) is 5.32 Å². The maximum atomic E-state index is 13.2. The van der Waals surface area contributed by atoms with Gasteiger partial charge in [-0.15, -0.1) is 0 Å². The van der Waals surface area contributed by atoms with Gasteiger partial charge < -0.3 is 15.5 Å². The summed E-state index contributed by atoms with van der Waals surface area (Å²) in [5, 5.41) is 22.8. The van der Waals surface area contributed by atoms with Crippen LogP contribution in [0, 0.1) is 12.7 Å². The number of halogens is 1. The lowest BCUT2D eigenvalue weighted by Gasteiger charge is -2.22. The van der Waals surface area contributed by atoms with Gasteiger partial charge in [0.15, 0.2) is 0 Å². The van der Waals surface area contributed by atoms with E-state index < -0.39 is 6.10 Å². The molecule has 0 radical (unpaired) electrons. The highest BCUT2D eigenvalue weighted by Crippen LogP contribution is 2.22. The number of hydrogen-bond acceptors (Lipinski definition) is 3. The van der Waals surface area contributed by atoms with Gasteiger partial charge in [-0.1, -0.05) is 36.4 Å². The quantitative estimate of drug-likeness (QED) is 0.700. The van der Waals surface area contributed by atoms with Crippen LogP contribution in [0.3, 0.4) is 0 Å². The SMILES string of the molecule is Cc1cc(F)ccc1C(O)CNC(CCCO)c1ccccc1. The van der Waals surface area contributed by atoms with Crippen molar-refractivity contribution in [3.63, 3.8) is 0 Å². The second-order valence-corrected chi connectivity index (χ2v) is 5.75. The van der Waals surface area contributed by atoms with Gasteiger partial charge in [-0.2, -0.15) is 0 Å². The van der Waals surface area contributed by atoms with Crippen molar-refractivity contribution in [3.8, 4) is 0 Å². The van der Waals surface area contributed by atoms with Gasteiger partial charge in [0, 0.05) is 19.2 Å². The first-order valence-corrected chi connectivity index (χ1v) is 7.95. The standard InChI is InChI=1S/C19H24FNO2/c1-14-12-16(20)9-10-17(14)19(23)13-21-18(8-5-11-22)15-6-3-2-4-7-15/h2-4,6-7,9-10,12,18-19,21-23H,5,8,11,13H2,1H3. The minimum absolute atomic E-state index is 0.0683. The Morgan fingerprint density at radius 2 is 1.87 bits per heavy atom. The van der Waals surface area contributed by atoms with Gasteiger partial charge in [-0.3, -0.25) is 0 Å². The maximum absolute atomic E-state index is 13.2. The van der Waals surface area contributed by atoms with Crippen LogP contribution in [0.25, 0.3) is 0 Å². The number of benzene rings is 2. The van der Waals surface area contributed by atoms with E-state index in [2.05, 4.69) is 5.32 Å². The van der Waals surface area contributed by atoms with Crippen molar-refractivity contribution in [2.75, 3.05) is 13.2 Å². The molecule has 0 spiro atoms. The van der Waals surface area contributed by atoms with E-state index in [-0.39, 0.29) is 18.5 Å². The minimum Gasteiger partial charge on any atom is -0.396 e. The van der Waals surface area contributed by atoms with Crippen LogP contribution in [0.15, 0.2) is 48.5 Å². The summed E-state index contributed by atoms with van der Waals surface area (Å²) in [5.74, 6) is -0.295. The molecule has 2 rings (SSSR count). The first-order valence-electron chi connectivity index (χ1n) is 7.95. The Hall–Kier alpha value is -1.75. The second-order valence-electron chi connectivity index (χ2n) is 5.75. The molecule has 0 aliphatic heterocycles. The van der Waals surface area contributed by atoms with Crippen molar-refractivity contribution in [3.05, 3.63) is 71.0 Å². The molecule has 2 aromatic rings. The highest BCUT2D eigenvalue weighted by molar-refractivity contribution is 5.29. The fraction of sp³-hybridized carbons (Fsp3) is 0.368. The first kappa shape index (κ1) is 17.6. The maximum Gasteiger partial charge on any atom is 0.123 e. The molecule has 2 atom stereocenters. The smallest absolute Gasteiger partial charge is 0.123 e. The van der Waals surface area contributed by atoms with E-state index in [0.717, 1.165) is 23.1 Å². The Bertz CT molecular complexity index is 604. The van der Waals surface area contributed by atoms with Gasteiger partial charge in [-0.25, -0.2) is 4.39 Å². The predicted molar refractivity (Wildman–Crippen MR) is 89.6 cm³/mol. The van der Waals surface area contributed by atoms with Gasteiger partial charge in [0.1, 0.15) is 5.82 Å². The summed E-state index contributed by atoms with van der Waals surface area (Å²) in [6, 6.07) is 14.5. The van der Waals surface area contributed by atoms with E-state index in [1.54, 1.807) is 13.0 Å². The second kappa shape index (κ2) is 8.77. The molecule has 0 aromatic heterocycles. The molecular weight excluding hydrogens is 293 g/mol. The molecule has 0 fully saturated rings. The Labute approximate surface area is 136 Å². The highest BCUT2D eigenvalue weighted by Gasteiger charge is 2.15. The highest BCUT2D eigenvalue weighted by atomic mass is 19.1. The summed E-state index contributed by atoms with van der Waals surface area (Å²) >= 11 is 0. The summed E-state index contributed by atoms with van der Waals surface area (Å²) in [4.78, 5) is 0. The predicted octanol–water partition coefficient (Wildman–Crippen LogP) is 3.27. The number of nitrogens with one attached hydrogen (secondary N) is 1. The zero-order valence-electron chi connectivity index (χ0n) is 13.4. The van der Waals surface area contributed by atoms with Gasteiger partial charge in [0.05, 0.1) is 6.10 Å². The molecule has 23 heavy (non-hydrogen) atoms. The van der Waals surface area contributed by atoms with Gasteiger partial charge in [-0.05, 0) is 48.6 Å². The van der Waals surface area contributed by atoms with E-state index in [4.69, 9.17) is 5.11 Å².